The number of carbonyl (C=O) groups is 2. The lowest BCUT2D eigenvalue weighted by Crippen LogP contribution is -2.33. The maximum atomic E-state index is 12.5. The summed E-state index contributed by atoms with van der Waals surface area (Å²) in [6.07, 6.45) is 2.77. The molecule has 3 rings (SSSR count). The molecule has 3 aromatic rings. The Morgan fingerprint density at radius 2 is 1.81 bits per heavy atom. The molecule has 1 heterocycles. The Labute approximate surface area is 188 Å². The second-order valence-electron chi connectivity index (χ2n) is 7.48. The average Bonchev–Trinajstić information content (AvgIpc) is 3.19. The maximum absolute atomic E-state index is 12.5. The fourth-order valence-electron chi connectivity index (χ4n) is 3.86. The van der Waals surface area contributed by atoms with E-state index >= 15 is 0 Å². The number of nitrogens with zero attached hydrogens (tertiary/aromatic N) is 2. The highest BCUT2D eigenvalue weighted by atomic mass is 16.5. The van der Waals surface area contributed by atoms with Gasteiger partial charge >= 0.3 is 0 Å². The highest BCUT2D eigenvalue weighted by molar-refractivity contribution is 5.94. The predicted octanol–water partition coefficient (Wildman–Crippen LogP) is 4.10. The summed E-state index contributed by atoms with van der Waals surface area (Å²) in [5.74, 6) is 1.33. The third kappa shape index (κ3) is 5.22. The van der Waals surface area contributed by atoms with Gasteiger partial charge in [-0.3, -0.25) is 9.59 Å². The lowest BCUT2D eigenvalue weighted by atomic mass is 10.1. The molecular weight excluding hydrogens is 406 g/mol. The Kier molecular flexibility index (Phi) is 7.76. The first-order chi connectivity index (χ1) is 15.5. The van der Waals surface area contributed by atoms with Crippen molar-refractivity contribution in [2.45, 2.75) is 33.2 Å². The van der Waals surface area contributed by atoms with Gasteiger partial charge in [0.05, 0.1) is 14.2 Å². The second-order valence-corrected chi connectivity index (χ2v) is 7.48. The molecule has 0 atom stereocenters. The number of amides is 2. The van der Waals surface area contributed by atoms with Crippen LogP contribution in [0.1, 0.15) is 25.8 Å². The first-order valence-electron chi connectivity index (χ1n) is 10.9. The number of carbonyl (C=O) groups excluding carboxylic acids is 2. The van der Waals surface area contributed by atoms with E-state index in [1.54, 1.807) is 14.2 Å². The number of aryl methyl sites for hydroxylation is 1. The summed E-state index contributed by atoms with van der Waals surface area (Å²) in [4.78, 5) is 26.8. The van der Waals surface area contributed by atoms with Crippen LogP contribution in [0.5, 0.6) is 11.5 Å². The molecule has 7 heteroatoms. The molecule has 0 radical (unpaired) electrons. The fourth-order valence-corrected chi connectivity index (χ4v) is 3.86. The molecule has 2 aromatic carbocycles. The van der Waals surface area contributed by atoms with Crippen molar-refractivity contribution in [3.05, 3.63) is 54.2 Å². The monoisotopic (exact) mass is 437 g/mol. The molecule has 170 valence electrons. The lowest BCUT2D eigenvalue weighted by molar-refractivity contribution is -0.131. The smallest absolute Gasteiger partial charge is 0.242 e. The fraction of sp³-hybridized carbons (Fsp3) is 0.360. The molecule has 0 unspecified atom stereocenters. The summed E-state index contributed by atoms with van der Waals surface area (Å²) >= 11 is 0. The number of aromatic nitrogens is 1. The molecule has 0 saturated carbocycles. The van der Waals surface area contributed by atoms with Crippen LogP contribution >= 0.6 is 0 Å². The number of rotatable bonds is 10. The van der Waals surface area contributed by atoms with E-state index in [1.807, 2.05) is 72.0 Å². The molecule has 32 heavy (non-hydrogen) atoms. The van der Waals surface area contributed by atoms with E-state index in [9.17, 15) is 9.59 Å². The molecule has 0 spiro atoms. The van der Waals surface area contributed by atoms with E-state index in [0.717, 1.165) is 22.2 Å². The van der Waals surface area contributed by atoms with E-state index in [1.165, 1.54) is 0 Å². The van der Waals surface area contributed by atoms with Crippen LogP contribution in [-0.4, -0.2) is 48.6 Å². The van der Waals surface area contributed by atoms with E-state index in [0.29, 0.717) is 44.0 Å². The molecule has 0 bridgehead atoms. The number of para-hydroxylation sites is 1. The van der Waals surface area contributed by atoms with Crippen molar-refractivity contribution < 1.29 is 19.1 Å². The minimum Gasteiger partial charge on any atom is -0.493 e. The van der Waals surface area contributed by atoms with Gasteiger partial charge < -0.3 is 24.3 Å². The summed E-state index contributed by atoms with van der Waals surface area (Å²) in [6, 6.07) is 13.3. The molecule has 0 aliphatic rings. The highest BCUT2D eigenvalue weighted by Crippen LogP contribution is 2.31. The van der Waals surface area contributed by atoms with Gasteiger partial charge in [-0.1, -0.05) is 12.1 Å². The summed E-state index contributed by atoms with van der Waals surface area (Å²) in [6.45, 7) is 5.67. The minimum atomic E-state index is -0.0784. The van der Waals surface area contributed by atoms with Crippen LogP contribution in [0.3, 0.4) is 0 Å². The van der Waals surface area contributed by atoms with Crippen molar-refractivity contribution in [2.24, 2.45) is 0 Å². The van der Waals surface area contributed by atoms with Crippen LogP contribution < -0.4 is 14.8 Å². The SMILES string of the molecule is CCN(CC)C(=O)Cn1ccc2cc(NC(=O)CCc3cccc(OC)c3OC)ccc21. The number of anilines is 1. The Bertz CT molecular complexity index is 1090. The summed E-state index contributed by atoms with van der Waals surface area (Å²) in [5.41, 5.74) is 2.62. The number of methoxy groups -OCH3 is 2. The zero-order valence-corrected chi connectivity index (χ0v) is 19.2. The van der Waals surface area contributed by atoms with Gasteiger partial charge in [-0.25, -0.2) is 0 Å². The van der Waals surface area contributed by atoms with Crippen LogP contribution in [0.15, 0.2) is 48.7 Å². The van der Waals surface area contributed by atoms with Crippen molar-refractivity contribution in [1.29, 1.82) is 0 Å². The van der Waals surface area contributed by atoms with Gasteiger partial charge in [0, 0.05) is 42.3 Å². The first kappa shape index (κ1) is 23.2. The van der Waals surface area contributed by atoms with Crippen molar-refractivity contribution >= 4 is 28.4 Å². The topological polar surface area (TPSA) is 72.8 Å². The zero-order chi connectivity index (χ0) is 23.1. The van der Waals surface area contributed by atoms with E-state index < -0.39 is 0 Å². The van der Waals surface area contributed by atoms with Crippen LogP contribution in [0, 0.1) is 0 Å². The zero-order valence-electron chi connectivity index (χ0n) is 19.2. The molecule has 0 fully saturated rings. The van der Waals surface area contributed by atoms with Gasteiger partial charge in [-0.15, -0.1) is 0 Å². The number of ether oxygens (including phenoxy) is 2. The van der Waals surface area contributed by atoms with Crippen molar-refractivity contribution in [3.63, 3.8) is 0 Å². The number of hydrogen-bond acceptors (Lipinski definition) is 4. The third-order valence-corrected chi connectivity index (χ3v) is 5.58. The van der Waals surface area contributed by atoms with E-state index in [4.69, 9.17) is 9.47 Å². The second kappa shape index (κ2) is 10.7. The van der Waals surface area contributed by atoms with Gasteiger partial charge in [0.2, 0.25) is 11.8 Å². The van der Waals surface area contributed by atoms with Gasteiger partial charge in [0.1, 0.15) is 6.54 Å². The van der Waals surface area contributed by atoms with Crippen molar-refractivity contribution in [2.75, 3.05) is 32.6 Å². The number of nitrogens with one attached hydrogen (secondary N) is 1. The molecule has 1 N–H and O–H groups in total. The number of benzene rings is 2. The Hall–Kier alpha value is -3.48. The standard InChI is InChI=1S/C25H31N3O4/c1-5-27(6-2)24(30)17-28-15-14-19-16-20(11-12-21(19)28)26-23(29)13-10-18-8-7-9-22(31-3)25(18)32-4/h7-9,11-12,14-16H,5-6,10,13,17H2,1-4H3,(H,26,29). The molecule has 2 amide bonds. The van der Waals surface area contributed by atoms with Gasteiger partial charge in [-0.05, 0) is 56.2 Å². The molecule has 0 aliphatic carbocycles. The number of fused-ring (bicyclic) bond motifs is 1. The highest BCUT2D eigenvalue weighted by Gasteiger charge is 2.13. The Morgan fingerprint density at radius 1 is 1.03 bits per heavy atom. The van der Waals surface area contributed by atoms with E-state index in [2.05, 4.69) is 5.32 Å². The predicted molar refractivity (Wildman–Crippen MR) is 126 cm³/mol. The Balaban J connectivity index is 1.64. The molecule has 7 nitrogen and oxygen atoms in total. The lowest BCUT2D eigenvalue weighted by Gasteiger charge is -2.19. The van der Waals surface area contributed by atoms with Gasteiger partial charge in [-0.2, -0.15) is 0 Å². The molecule has 0 saturated heterocycles. The van der Waals surface area contributed by atoms with Crippen molar-refractivity contribution in [1.82, 2.24) is 9.47 Å². The minimum absolute atomic E-state index is 0.0784. The normalized spacial score (nSPS) is 10.8. The van der Waals surface area contributed by atoms with Crippen LogP contribution in [0.4, 0.5) is 5.69 Å². The number of hydrogen-bond donors (Lipinski definition) is 1. The molecule has 1 aromatic heterocycles. The largest absolute Gasteiger partial charge is 0.493 e. The van der Waals surface area contributed by atoms with Gasteiger partial charge in [0.25, 0.3) is 0 Å². The van der Waals surface area contributed by atoms with E-state index in [-0.39, 0.29) is 11.8 Å². The quantitative estimate of drug-likeness (QED) is 0.518. The van der Waals surface area contributed by atoms with Crippen molar-refractivity contribution in [3.8, 4) is 11.5 Å². The Morgan fingerprint density at radius 3 is 2.50 bits per heavy atom. The van der Waals surface area contributed by atoms with Crippen LogP contribution in [0.2, 0.25) is 0 Å². The first-order valence-corrected chi connectivity index (χ1v) is 10.9. The van der Waals surface area contributed by atoms with Gasteiger partial charge in [0.15, 0.2) is 11.5 Å². The number of likely N-dealkylation sites (N-methyl/N-ethyl adjacent to an activating group) is 1. The summed E-state index contributed by atoms with van der Waals surface area (Å²) < 4.78 is 12.7. The molecular formula is C25H31N3O4. The maximum Gasteiger partial charge on any atom is 0.242 e. The molecule has 0 aliphatic heterocycles. The van der Waals surface area contributed by atoms with Crippen LogP contribution in [-0.2, 0) is 22.6 Å². The average molecular weight is 438 g/mol. The third-order valence-electron chi connectivity index (χ3n) is 5.58. The summed E-state index contributed by atoms with van der Waals surface area (Å²) in [5, 5.41) is 3.94. The van der Waals surface area contributed by atoms with Crippen LogP contribution in [0.25, 0.3) is 10.9 Å². The summed E-state index contributed by atoms with van der Waals surface area (Å²) in [7, 11) is 3.19.